The highest BCUT2D eigenvalue weighted by molar-refractivity contribution is 5.94. The molecule has 0 spiro atoms. The van der Waals surface area contributed by atoms with Gasteiger partial charge < -0.3 is 9.84 Å². The van der Waals surface area contributed by atoms with E-state index in [2.05, 4.69) is 24.8 Å². The van der Waals surface area contributed by atoms with Gasteiger partial charge in [-0.15, -0.1) is 0 Å². The van der Waals surface area contributed by atoms with E-state index in [0.29, 0.717) is 23.8 Å². The van der Waals surface area contributed by atoms with E-state index in [0.717, 1.165) is 25.1 Å². The Morgan fingerprint density at radius 1 is 1.25 bits per heavy atom. The van der Waals surface area contributed by atoms with Crippen molar-refractivity contribution in [2.45, 2.75) is 25.7 Å². The van der Waals surface area contributed by atoms with Gasteiger partial charge in [0.15, 0.2) is 0 Å². The lowest BCUT2D eigenvalue weighted by Gasteiger charge is -2.45. The molecule has 0 aromatic heterocycles. The number of hydrogen-bond donors (Lipinski definition) is 1. The zero-order valence-corrected chi connectivity index (χ0v) is 16.9. The summed E-state index contributed by atoms with van der Waals surface area (Å²) in [7, 11) is 1.43. The number of phenolic OH excluding ortho intramolecular Hbond substituents is 1. The summed E-state index contributed by atoms with van der Waals surface area (Å²) in [6.07, 6.45) is 2.89. The number of carbonyl (C=O) groups excluding carboxylic acids is 1. The molecule has 0 saturated carbocycles. The molecule has 0 amide bonds. The molecule has 1 aliphatic heterocycles. The summed E-state index contributed by atoms with van der Waals surface area (Å²) in [6.45, 7) is 6.86. The molecule has 2 aromatic rings. The number of benzene rings is 2. The molecule has 2 aromatic carbocycles. The van der Waals surface area contributed by atoms with Crippen LogP contribution in [0, 0.1) is 5.92 Å². The van der Waals surface area contributed by atoms with Crippen LogP contribution in [0.4, 0.5) is 0 Å². The van der Waals surface area contributed by atoms with Gasteiger partial charge in [0.25, 0.3) is 0 Å². The van der Waals surface area contributed by atoms with Crippen molar-refractivity contribution in [2.75, 3.05) is 26.7 Å². The number of ether oxygens (including phenoxy) is 1. The van der Waals surface area contributed by atoms with Crippen molar-refractivity contribution >= 4 is 12.0 Å². The second kappa shape index (κ2) is 8.61. The molecular formula is C24H29NO3. The number of rotatable bonds is 5. The van der Waals surface area contributed by atoms with E-state index in [9.17, 15) is 9.90 Å². The molecule has 28 heavy (non-hydrogen) atoms. The number of aromatic hydroxyl groups is 1. The SMILES string of the molecule is COC(=O)C(=Cc1ccccc1)CN1CCC(C)(c2cccc(O)c2)C(C)C1. The molecular weight excluding hydrogens is 350 g/mol. The fraction of sp³-hybridized carbons (Fsp3) is 0.375. The maximum absolute atomic E-state index is 12.3. The third kappa shape index (κ3) is 4.45. The zero-order valence-electron chi connectivity index (χ0n) is 16.9. The third-order valence-corrected chi connectivity index (χ3v) is 6.05. The van der Waals surface area contributed by atoms with Gasteiger partial charge in [0.05, 0.1) is 12.7 Å². The highest BCUT2D eigenvalue weighted by Crippen LogP contribution is 2.40. The smallest absolute Gasteiger partial charge is 0.335 e. The lowest BCUT2D eigenvalue weighted by atomic mass is 9.68. The van der Waals surface area contributed by atoms with E-state index >= 15 is 0 Å². The van der Waals surface area contributed by atoms with Gasteiger partial charge in [0, 0.05) is 13.1 Å². The topological polar surface area (TPSA) is 49.8 Å². The summed E-state index contributed by atoms with van der Waals surface area (Å²) in [4.78, 5) is 14.6. The van der Waals surface area contributed by atoms with Crippen molar-refractivity contribution in [1.82, 2.24) is 4.90 Å². The molecule has 0 radical (unpaired) electrons. The summed E-state index contributed by atoms with van der Waals surface area (Å²) < 4.78 is 5.01. The lowest BCUT2D eigenvalue weighted by Crippen LogP contribution is -2.48. The minimum Gasteiger partial charge on any atom is -0.508 e. The molecule has 1 N–H and O–H groups in total. The Bertz CT molecular complexity index is 846. The van der Waals surface area contributed by atoms with E-state index in [-0.39, 0.29) is 11.4 Å². The van der Waals surface area contributed by atoms with Crippen LogP contribution < -0.4 is 0 Å². The van der Waals surface area contributed by atoms with Gasteiger partial charge in [-0.3, -0.25) is 4.90 Å². The summed E-state index contributed by atoms with van der Waals surface area (Å²) in [6, 6.07) is 17.5. The van der Waals surface area contributed by atoms with Gasteiger partial charge in [-0.05, 0) is 53.6 Å². The standard InChI is InChI=1S/C24H29NO3/c1-18-16-25(13-12-24(18,2)21-10-7-11-22(26)15-21)17-20(23(27)28-3)14-19-8-5-4-6-9-19/h4-11,14-15,18,26H,12-13,16-17H2,1-3H3. The first kappa shape index (κ1) is 20.2. The Morgan fingerprint density at radius 2 is 2.00 bits per heavy atom. The van der Waals surface area contributed by atoms with Crippen LogP contribution in [0.15, 0.2) is 60.2 Å². The van der Waals surface area contributed by atoms with Gasteiger partial charge in [-0.1, -0.05) is 56.3 Å². The van der Waals surface area contributed by atoms with Crippen LogP contribution in [0.5, 0.6) is 5.75 Å². The van der Waals surface area contributed by atoms with Crippen LogP contribution >= 0.6 is 0 Å². The second-order valence-electron chi connectivity index (χ2n) is 7.93. The normalized spacial score (nSPS) is 23.4. The van der Waals surface area contributed by atoms with E-state index in [1.165, 1.54) is 12.7 Å². The van der Waals surface area contributed by atoms with Crippen molar-refractivity contribution in [3.05, 3.63) is 71.3 Å². The van der Waals surface area contributed by atoms with E-state index in [4.69, 9.17) is 4.74 Å². The van der Waals surface area contributed by atoms with Crippen molar-refractivity contribution in [3.8, 4) is 5.75 Å². The lowest BCUT2D eigenvalue weighted by molar-refractivity contribution is -0.136. The van der Waals surface area contributed by atoms with Crippen LogP contribution in [-0.4, -0.2) is 42.7 Å². The largest absolute Gasteiger partial charge is 0.508 e. The van der Waals surface area contributed by atoms with Crippen molar-refractivity contribution in [3.63, 3.8) is 0 Å². The molecule has 4 nitrogen and oxygen atoms in total. The third-order valence-electron chi connectivity index (χ3n) is 6.05. The molecule has 2 unspecified atom stereocenters. The minimum atomic E-state index is -0.280. The monoisotopic (exact) mass is 379 g/mol. The maximum atomic E-state index is 12.3. The van der Waals surface area contributed by atoms with Gasteiger partial charge in [0.1, 0.15) is 5.75 Å². The van der Waals surface area contributed by atoms with Crippen LogP contribution in [-0.2, 0) is 14.9 Å². The maximum Gasteiger partial charge on any atom is 0.335 e. The van der Waals surface area contributed by atoms with Gasteiger partial charge in [-0.2, -0.15) is 0 Å². The molecule has 2 atom stereocenters. The second-order valence-corrected chi connectivity index (χ2v) is 7.93. The number of methoxy groups -OCH3 is 1. The molecule has 148 valence electrons. The van der Waals surface area contributed by atoms with Crippen molar-refractivity contribution < 1.29 is 14.6 Å². The van der Waals surface area contributed by atoms with E-state index in [1.54, 1.807) is 6.07 Å². The highest BCUT2D eigenvalue weighted by atomic mass is 16.5. The summed E-state index contributed by atoms with van der Waals surface area (Å²) in [5.41, 5.74) is 2.84. The Morgan fingerprint density at radius 3 is 2.64 bits per heavy atom. The number of esters is 1. The summed E-state index contributed by atoms with van der Waals surface area (Å²) >= 11 is 0. The Kier molecular flexibility index (Phi) is 6.20. The molecule has 0 bridgehead atoms. The Labute approximate surface area is 167 Å². The fourth-order valence-corrected chi connectivity index (χ4v) is 4.04. The molecule has 1 aliphatic rings. The van der Waals surface area contributed by atoms with Crippen LogP contribution in [0.1, 0.15) is 31.4 Å². The average Bonchev–Trinajstić information content (AvgIpc) is 2.70. The molecule has 1 saturated heterocycles. The quantitative estimate of drug-likeness (QED) is 0.623. The van der Waals surface area contributed by atoms with Gasteiger partial charge in [-0.25, -0.2) is 4.79 Å². The Hall–Kier alpha value is -2.59. The first-order valence-electron chi connectivity index (χ1n) is 9.78. The number of nitrogens with zero attached hydrogens (tertiary/aromatic N) is 1. The number of phenols is 1. The van der Waals surface area contributed by atoms with Crippen LogP contribution in [0.3, 0.4) is 0 Å². The van der Waals surface area contributed by atoms with E-state index < -0.39 is 0 Å². The van der Waals surface area contributed by atoms with Crippen LogP contribution in [0.2, 0.25) is 0 Å². The molecule has 0 aliphatic carbocycles. The predicted molar refractivity (Wildman–Crippen MR) is 112 cm³/mol. The summed E-state index contributed by atoms with van der Waals surface area (Å²) in [5.74, 6) is 0.420. The number of piperidine rings is 1. The van der Waals surface area contributed by atoms with Crippen molar-refractivity contribution in [2.24, 2.45) is 5.92 Å². The molecule has 1 fully saturated rings. The fourth-order valence-electron chi connectivity index (χ4n) is 4.04. The summed E-state index contributed by atoms with van der Waals surface area (Å²) in [5, 5.41) is 9.87. The van der Waals surface area contributed by atoms with Crippen LogP contribution in [0.25, 0.3) is 6.08 Å². The molecule has 1 heterocycles. The Balaban J connectivity index is 1.75. The molecule has 4 heteroatoms. The van der Waals surface area contributed by atoms with Crippen molar-refractivity contribution in [1.29, 1.82) is 0 Å². The van der Waals surface area contributed by atoms with Gasteiger partial charge in [0.2, 0.25) is 0 Å². The first-order valence-corrected chi connectivity index (χ1v) is 9.78. The predicted octanol–water partition coefficient (Wildman–Crippen LogP) is 4.25. The minimum absolute atomic E-state index is 0.00378. The zero-order chi connectivity index (χ0) is 20.1. The van der Waals surface area contributed by atoms with E-state index in [1.807, 2.05) is 48.5 Å². The highest BCUT2D eigenvalue weighted by Gasteiger charge is 2.38. The number of carbonyl (C=O) groups is 1. The number of hydrogen-bond acceptors (Lipinski definition) is 4. The van der Waals surface area contributed by atoms with Gasteiger partial charge >= 0.3 is 5.97 Å². The average molecular weight is 380 g/mol. The first-order chi connectivity index (χ1) is 13.4. The number of likely N-dealkylation sites (tertiary alicyclic amines) is 1. The molecule has 3 rings (SSSR count).